The van der Waals surface area contributed by atoms with E-state index < -0.39 is 0 Å². The summed E-state index contributed by atoms with van der Waals surface area (Å²) in [5.74, 6) is 0.290. The van der Waals surface area contributed by atoms with Crippen LogP contribution in [0.1, 0.15) is 18.4 Å². The highest BCUT2D eigenvalue weighted by Crippen LogP contribution is 2.25. The van der Waals surface area contributed by atoms with Gasteiger partial charge in [-0.05, 0) is 73.9 Å². The van der Waals surface area contributed by atoms with Gasteiger partial charge in [-0.2, -0.15) is 0 Å². The first-order valence-electron chi connectivity index (χ1n) is 9.91. The molecule has 1 aromatic heterocycles. The molecule has 0 saturated carbocycles. The molecule has 1 amide bonds. The third-order valence-corrected chi connectivity index (χ3v) is 5.75. The Morgan fingerprint density at radius 3 is 2.63 bits per heavy atom. The Bertz CT molecular complexity index is 1040. The fraction of sp³-hybridized carbons (Fsp3) is 0.261. The monoisotopic (exact) mass is 424 g/mol. The average Bonchev–Trinajstić information content (AvgIpc) is 2.77. The van der Waals surface area contributed by atoms with Crippen molar-refractivity contribution in [1.82, 2.24) is 10.2 Å². The van der Waals surface area contributed by atoms with E-state index in [9.17, 15) is 9.18 Å². The maximum absolute atomic E-state index is 13.1. The van der Waals surface area contributed by atoms with Crippen molar-refractivity contribution in [3.05, 3.63) is 71.0 Å². The van der Waals surface area contributed by atoms with E-state index in [0.29, 0.717) is 22.9 Å². The van der Waals surface area contributed by atoms with Crippen LogP contribution in [0.3, 0.4) is 0 Å². The molecule has 0 spiro atoms. The molecule has 1 aliphatic heterocycles. The van der Waals surface area contributed by atoms with E-state index in [0.717, 1.165) is 36.3 Å². The Morgan fingerprint density at radius 2 is 1.93 bits per heavy atom. The second-order valence-corrected chi connectivity index (χ2v) is 7.93. The van der Waals surface area contributed by atoms with Crippen LogP contribution in [0.15, 0.2) is 54.6 Å². The SMILES string of the molecule is Cc1ccc(NC(=O)C2CCCN(c3ccc(-c4ccc(F)cc4)nn3)C2)cc1Cl. The molecule has 5 nitrogen and oxygen atoms in total. The minimum Gasteiger partial charge on any atom is -0.354 e. The molecule has 1 fully saturated rings. The van der Waals surface area contributed by atoms with Gasteiger partial charge in [0.2, 0.25) is 5.91 Å². The summed E-state index contributed by atoms with van der Waals surface area (Å²) in [6, 6.07) is 15.5. The Kier molecular flexibility index (Phi) is 5.95. The largest absolute Gasteiger partial charge is 0.354 e. The van der Waals surface area contributed by atoms with Crippen LogP contribution >= 0.6 is 11.6 Å². The Labute approximate surface area is 179 Å². The molecule has 30 heavy (non-hydrogen) atoms. The van der Waals surface area contributed by atoms with Gasteiger partial charge in [-0.3, -0.25) is 4.79 Å². The minimum absolute atomic E-state index is 0.0180. The van der Waals surface area contributed by atoms with Crippen molar-refractivity contribution >= 4 is 29.0 Å². The molecule has 0 aliphatic carbocycles. The van der Waals surface area contributed by atoms with E-state index in [1.807, 2.05) is 31.2 Å². The number of halogens is 2. The topological polar surface area (TPSA) is 58.1 Å². The van der Waals surface area contributed by atoms with Crippen molar-refractivity contribution in [3.8, 4) is 11.3 Å². The number of aromatic nitrogens is 2. The van der Waals surface area contributed by atoms with Crippen molar-refractivity contribution in [3.63, 3.8) is 0 Å². The van der Waals surface area contributed by atoms with E-state index in [2.05, 4.69) is 20.4 Å². The Hall–Kier alpha value is -2.99. The molecule has 7 heteroatoms. The molecule has 0 bridgehead atoms. The highest BCUT2D eigenvalue weighted by molar-refractivity contribution is 6.31. The molecule has 1 aliphatic rings. The predicted molar refractivity (Wildman–Crippen MR) is 117 cm³/mol. The Balaban J connectivity index is 1.42. The number of aryl methyl sites for hydroxylation is 1. The van der Waals surface area contributed by atoms with Crippen LogP contribution in [0.5, 0.6) is 0 Å². The Morgan fingerprint density at radius 1 is 1.13 bits per heavy atom. The van der Waals surface area contributed by atoms with Gasteiger partial charge in [0.1, 0.15) is 5.82 Å². The second-order valence-electron chi connectivity index (χ2n) is 7.52. The molecule has 1 saturated heterocycles. The van der Waals surface area contributed by atoms with Gasteiger partial charge in [0.05, 0.1) is 11.6 Å². The zero-order valence-electron chi connectivity index (χ0n) is 16.6. The lowest BCUT2D eigenvalue weighted by molar-refractivity contribution is -0.120. The highest BCUT2D eigenvalue weighted by atomic mass is 35.5. The molecular formula is C23H22ClFN4O. The van der Waals surface area contributed by atoms with Crippen LogP contribution in [0, 0.1) is 18.7 Å². The summed E-state index contributed by atoms with van der Waals surface area (Å²) in [7, 11) is 0. The number of carbonyl (C=O) groups excluding carboxylic acids is 1. The molecule has 3 aromatic rings. The zero-order valence-corrected chi connectivity index (χ0v) is 17.4. The van der Waals surface area contributed by atoms with Gasteiger partial charge in [-0.25, -0.2) is 4.39 Å². The van der Waals surface area contributed by atoms with E-state index in [-0.39, 0.29) is 17.6 Å². The van der Waals surface area contributed by atoms with Crippen LogP contribution in [0.25, 0.3) is 11.3 Å². The lowest BCUT2D eigenvalue weighted by atomic mass is 9.97. The second kappa shape index (κ2) is 8.79. The number of piperidine rings is 1. The zero-order chi connectivity index (χ0) is 21.1. The van der Waals surface area contributed by atoms with Crippen LogP contribution in [-0.2, 0) is 4.79 Å². The molecule has 1 atom stereocenters. The smallest absolute Gasteiger partial charge is 0.229 e. The summed E-state index contributed by atoms with van der Waals surface area (Å²) < 4.78 is 13.1. The van der Waals surface area contributed by atoms with E-state index in [4.69, 9.17) is 11.6 Å². The number of hydrogen-bond acceptors (Lipinski definition) is 4. The van der Waals surface area contributed by atoms with Crippen molar-refractivity contribution in [1.29, 1.82) is 0 Å². The van der Waals surface area contributed by atoms with Crippen LogP contribution in [0.2, 0.25) is 5.02 Å². The van der Waals surface area contributed by atoms with E-state index >= 15 is 0 Å². The number of benzene rings is 2. The maximum Gasteiger partial charge on any atom is 0.229 e. The van der Waals surface area contributed by atoms with Crippen molar-refractivity contribution in [2.45, 2.75) is 19.8 Å². The summed E-state index contributed by atoms with van der Waals surface area (Å²) in [5.41, 5.74) is 3.17. The van der Waals surface area contributed by atoms with Crippen LogP contribution in [-0.4, -0.2) is 29.2 Å². The summed E-state index contributed by atoms with van der Waals surface area (Å²) in [4.78, 5) is 14.8. The van der Waals surface area contributed by atoms with E-state index in [1.54, 1.807) is 18.2 Å². The number of rotatable bonds is 4. The molecule has 1 unspecified atom stereocenters. The van der Waals surface area contributed by atoms with Gasteiger partial charge >= 0.3 is 0 Å². The number of amides is 1. The summed E-state index contributed by atoms with van der Waals surface area (Å²) in [6.07, 6.45) is 1.72. The molecule has 154 valence electrons. The third kappa shape index (κ3) is 4.60. The van der Waals surface area contributed by atoms with Gasteiger partial charge in [0.25, 0.3) is 0 Å². The van der Waals surface area contributed by atoms with Crippen molar-refractivity contribution in [2.75, 3.05) is 23.3 Å². The van der Waals surface area contributed by atoms with Gasteiger partial charge in [0.15, 0.2) is 5.82 Å². The fourth-order valence-corrected chi connectivity index (χ4v) is 3.76. The van der Waals surface area contributed by atoms with Gasteiger partial charge in [0, 0.05) is 29.4 Å². The van der Waals surface area contributed by atoms with Crippen molar-refractivity contribution < 1.29 is 9.18 Å². The van der Waals surface area contributed by atoms with Gasteiger partial charge in [-0.1, -0.05) is 17.7 Å². The first kappa shape index (κ1) is 20.3. The molecule has 2 heterocycles. The fourth-order valence-electron chi connectivity index (χ4n) is 3.58. The summed E-state index contributed by atoms with van der Waals surface area (Å²) in [5, 5.41) is 12.2. The molecule has 0 radical (unpaired) electrons. The number of anilines is 2. The molecule has 4 rings (SSSR count). The number of nitrogens with zero attached hydrogens (tertiary/aromatic N) is 3. The lowest BCUT2D eigenvalue weighted by Crippen LogP contribution is -2.41. The number of nitrogens with one attached hydrogen (secondary N) is 1. The maximum atomic E-state index is 13.1. The third-order valence-electron chi connectivity index (χ3n) is 5.35. The standard InChI is InChI=1S/C23H22ClFN4O/c1-15-4-9-19(13-20(15)24)26-23(30)17-3-2-12-29(14-17)22-11-10-21(27-28-22)16-5-7-18(25)8-6-16/h4-11,13,17H,2-3,12,14H2,1H3,(H,26,30). The van der Waals surface area contributed by atoms with Crippen molar-refractivity contribution in [2.24, 2.45) is 5.92 Å². The predicted octanol–water partition coefficient (Wildman–Crippen LogP) is 5.10. The quantitative estimate of drug-likeness (QED) is 0.633. The van der Waals surface area contributed by atoms with Crippen LogP contribution in [0.4, 0.5) is 15.9 Å². The van der Waals surface area contributed by atoms with Gasteiger partial charge < -0.3 is 10.2 Å². The lowest BCUT2D eigenvalue weighted by Gasteiger charge is -2.32. The number of carbonyl (C=O) groups is 1. The highest BCUT2D eigenvalue weighted by Gasteiger charge is 2.27. The molecule has 1 N–H and O–H groups in total. The van der Waals surface area contributed by atoms with E-state index in [1.165, 1.54) is 12.1 Å². The summed E-state index contributed by atoms with van der Waals surface area (Å²) >= 11 is 6.16. The summed E-state index contributed by atoms with van der Waals surface area (Å²) in [6.45, 7) is 3.33. The first-order valence-corrected chi connectivity index (χ1v) is 10.3. The minimum atomic E-state index is -0.283. The molecular weight excluding hydrogens is 403 g/mol. The molecule has 2 aromatic carbocycles. The first-order chi connectivity index (χ1) is 14.5. The van der Waals surface area contributed by atoms with Crippen LogP contribution < -0.4 is 10.2 Å². The average molecular weight is 425 g/mol. The number of hydrogen-bond donors (Lipinski definition) is 1. The van der Waals surface area contributed by atoms with Gasteiger partial charge in [-0.15, -0.1) is 10.2 Å². The normalized spacial score (nSPS) is 16.4.